The van der Waals surface area contributed by atoms with Crippen molar-refractivity contribution in [3.8, 4) is 0 Å². The molecule has 1 unspecified atom stereocenters. The molecule has 0 radical (unpaired) electrons. The summed E-state index contributed by atoms with van der Waals surface area (Å²) in [4.78, 5) is 0.230. The van der Waals surface area contributed by atoms with Crippen LogP contribution in [0, 0.1) is 12.8 Å². The Labute approximate surface area is 114 Å². The van der Waals surface area contributed by atoms with Crippen LogP contribution in [0.25, 0.3) is 0 Å². The summed E-state index contributed by atoms with van der Waals surface area (Å²) in [5.41, 5.74) is 1.55. The lowest BCUT2D eigenvalue weighted by atomic mass is 9.81. The Morgan fingerprint density at radius 2 is 2.11 bits per heavy atom. The van der Waals surface area contributed by atoms with Crippen molar-refractivity contribution in [2.75, 3.05) is 0 Å². The van der Waals surface area contributed by atoms with Gasteiger partial charge in [0.1, 0.15) is 0 Å². The molecule has 2 rings (SSSR count). The SMILES string of the molecule is Cc1ccc(S(=O)(=O)NC(C)C2CCC2)cc1CO. The van der Waals surface area contributed by atoms with Crippen molar-refractivity contribution in [3.63, 3.8) is 0 Å². The molecule has 1 aromatic rings. The Hall–Kier alpha value is -0.910. The molecule has 1 aliphatic rings. The molecule has 0 aliphatic heterocycles. The summed E-state index contributed by atoms with van der Waals surface area (Å²) in [5, 5.41) is 9.21. The van der Waals surface area contributed by atoms with Crippen molar-refractivity contribution in [3.05, 3.63) is 29.3 Å². The molecule has 1 saturated carbocycles. The van der Waals surface area contributed by atoms with E-state index in [0.29, 0.717) is 11.5 Å². The number of sulfonamides is 1. The zero-order valence-corrected chi connectivity index (χ0v) is 12.2. The zero-order chi connectivity index (χ0) is 14.0. The average molecular weight is 283 g/mol. The highest BCUT2D eigenvalue weighted by Crippen LogP contribution is 2.30. The molecule has 1 atom stereocenters. The van der Waals surface area contributed by atoms with Gasteiger partial charge < -0.3 is 5.11 Å². The molecular weight excluding hydrogens is 262 g/mol. The van der Waals surface area contributed by atoms with Gasteiger partial charge in [-0.2, -0.15) is 0 Å². The van der Waals surface area contributed by atoms with Crippen LogP contribution in [0.1, 0.15) is 37.3 Å². The van der Waals surface area contributed by atoms with Crippen LogP contribution in [0.5, 0.6) is 0 Å². The van der Waals surface area contributed by atoms with Crippen LogP contribution in [0.2, 0.25) is 0 Å². The zero-order valence-electron chi connectivity index (χ0n) is 11.4. The summed E-state index contributed by atoms with van der Waals surface area (Å²) < 4.78 is 27.3. The maximum Gasteiger partial charge on any atom is 0.240 e. The van der Waals surface area contributed by atoms with Crippen LogP contribution in [-0.4, -0.2) is 19.6 Å². The molecule has 106 valence electrons. The number of benzene rings is 1. The molecular formula is C14H21NO3S. The van der Waals surface area contributed by atoms with Gasteiger partial charge in [0.15, 0.2) is 0 Å². The van der Waals surface area contributed by atoms with E-state index in [1.165, 1.54) is 6.42 Å². The van der Waals surface area contributed by atoms with Gasteiger partial charge in [-0.25, -0.2) is 13.1 Å². The number of hydrogen-bond donors (Lipinski definition) is 2. The summed E-state index contributed by atoms with van der Waals surface area (Å²) in [5.74, 6) is 0.456. The van der Waals surface area contributed by atoms with E-state index < -0.39 is 10.0 Å². The van der Waals surface area contributed by atoms with Crippen molar-refractivity contribution < 1.29 is 13.5 Å². The molecule has 2 N–H and O–H groups in total. The highest BCUT2D eigenvalue weighted by molar-refractivity contribution is 7.89. The highest BCUT2D eigenvalue weighted by Gasteiger charge is 2.28. The largest absolute Gasteiger partial charge is 0.392 e. The summed E-state index contributed by atoms with van der Waals surface area (Å²) in [7, 11) is -3.49. The lowest BCUT2D eigenvalue weighted by Crippen LogP contribution is -2.40. The van der Waals surface area contributed by atoms with Gasteiger partial charge in [-0.1, -0.05) is 12.5 Å². The first-order chi connectivity index (χ1) is 8.94. The molecule has 1 aliphatic carbocycles. The Morgan fingerprint density at radius 1 is 1.42 bits per heavy atom. The number of rotatable bonds is 5. The summed E-state index contributed by atoms with van der Waals surface area (Å²) >= 11 is 0. The fourth-order valence-electron chi connectivity index (χ4n) is 2.33. The van der Waals surface area contributed by atoms with Gasteiger partial charge >= 0.3 is 0 Å². The van der Waals surface area contributed by atoms with Gasteiger partial charge in [-0.15, -0.1) is 0 Å². The third-order valence-corrected chi connectivity index (χ3v) is 5.56. The first-order valence-electron chi connectivity index (χ1n) is 6.67. The Kier molecular flexibility index (Phi) is 4.28. The minimum Gasteiger partial charge on any atom is -0.392 e. The van der Waals surface area contributed by atoms with E-state index in [1.54, 1.807) is 18.2 Å². The maximum atomic E-state index is 12.3. The number of aliphatic hydroxyl groups excluding tert-OH is 1. The van der Waals surface area contributed by atoms with E-state index >= 15 is 0 Å². The smallest absolute Gasteiger partial charge is 0.240 e. The summed E-state index contributed by atoms with van der Waals surface area (Å²) in [6, 6.07) is 4.83. The fourth-order valence-corrected chi connectivity index (χ4v) is 3.70. The first kappa shape index (κ1) is 14.5. The predicted octanol–water partition coefficient (Wildman–Crippen LogP) is 1.95. The Morgan fingerprint density at radius 3 is 2.63 bits per heavy atom. The van der Waals surface area contributed by atoms with E-state index in [2.05, 4.69) is 4.72 Å². The average Bonchev–Trinajstić information content (AvgIpc) is 2.26. The standard InChI is InChI=1S/C14H21NO3S/c1-10-6-7-14(8-13(10)9-16)19(17,18)15-11(2)12-4-3-5-12/h6-8,11-12,15-16H,3-5,9H2,1-2H3. The van der Waals surface area contributed by atoms with Crippen LogP contribution in [0.3, 0.4) is 0 Å². The number of nitrogens with one attached hydrogen (secondary N) is 1. The molecule has 0 aromatic heterocycles. The van der Waals surface area contributed by atoms with Crippen LogP contribution in [0.15, 0.2) is 23.1 Å². The number of hydrogen-bond acceptors (Lipinski definition) is 3. The molecule has 19 heavy (non-hydrogen) atoms. The molecule has 1 aromatic carbocycles. The maximum absolute atomic E-state index is 12.3. The minimum absolute atomic E-state index is 0.0300. The Bertz CT molecular complexity index is 550. The van der Waals surface area contributed by atoms with Gasteiger partial charge in [0.05, 0.1) is 11.5 Å². The van der Waals surface area contributed by atoms with Gasteiger partial charge in [0, 0.05) is 6.04 Å². The van der Waals surface area contributed by atoms with E-state index in [4.69, 9.17) is 0 Å². The summed E-state index contributed by atoms with van der Waals surface area (Å²) in [6.07, 6.45) is 3.38. The number of aryl methyl sites for hydroxylation is 1. The number of aliphatic hydroxyl groups is 1. The van der Waals surface area contributed by atoms with Crippen LogP contribution in [0.4, 0.5) is 0 Å². The Balaban J connectivity index is 2.18. The fraction of sp³-hybridized carbons (Fsp3) is 0.571. The van der Waals surface area contributed by atoms with E-state index in [9.17, 15) is 13.5 Å². The molecule has 0 spiro atoms. The first-order valence-corrected chi connectivity index (χ1v) is 8.15. The molecule has 1 fully saturated rings. The minimum atomic E-state index is -3.49. The van der Waals surface area contributed by atoms with E-state index in [1.807, 2.05) is 13.8 Å². The van der Waals surface area contributed by atoms with Crippen LogP contribution < -0.4 is 4.72 Å². The molecule has 0 amide bonds. The highest BCUT2D eigenvalue weighted by atomic mass is 32.2. The second-order valence-corrected chi connectivity index (χ2v) is 7.06. The van der Waals surface area contributed by atoms with Crippen molar-refractivity contribution >= 4 is 10.0 Å². The third-order valence-electron chi connectivity index (χ3n) is 4.00. The lowest BCUT2D eigenvalue weighted by Gasteiger charge is -2.31. The molecule has 4 nitrogen and oxygen atoms in total. The molecule has 0 bridgehead atoms. The van der Waals surface area contributed by atoms with Crippen molar-refractivity contribution in [2.24, 2.45) is 5.92 Å². The van der Waals surface area contributed by atoms with Gasteiger partial charge in [-0.3, -0.25) is 0 Å². The van der Waals surface area contributed by atoms with E-state index in [0.717, 1.165) is 18.4 Å². The normalized spacial score (nSPS) is 18.1. The van der Waals surface area contributed by atoms with Crippen molar-refractivity contribution in [1.82, 2.24) is 4.72 Å². The van der Waals surface area contributed by atoms with Crippen molar-refractivity contribution in [2.45, 2.75) is 50.7 Å². The molecule has 0 heterocycles. The van der Waals surface area contributed by atoms with Gasteiger partial charge in [0.2, 0.25) is 10.0 Å². The monoisotopic (exact) mass is 283 g/mol. The van der Waals surface area contributed by atoms with Crippen molar-refractivity contribution in [1.29, 1.82) is 0 Å². The second-order valence-electron chi connectivity index (χ2n) is 5.35. The quantitative estimate of drug-likeness (QED) is 0.868. The second kappa shape index (κ2) is 5.61. The third kappa shape index (κ3) is 3.16. The van der Waals surface area contributed by atoms with Crippen LogP contribution >= 0.6 is 0 Å². The summed E-state index contributed by atoms with van der Waals surface area (Å²) in [6.45, 7) is 3.63. The molecule has 5 heteroatoms. The van der Waals surface area contributed by atoms with E-state index in [-0.39, 0.29) is 17.5 Å². The van der Waals surface area contributed by atoms with Gasteiger partial charge in [0.25, 0.3) is 0 Å². The predicted molar refractivity (Wildman–Crippen MR) is 74.2 cm³/mol. The lowest BCUT2D eigenvalue weighted by molar-refractivity contribution is 0.260. The molecule has 0 saturated heterocycles. The van der Waals surface area contributed by atoms with Gasteiger partial charge in [-0.05, 0) is 55.9 Å². The van der Waals surface area contributed by atoms with Crippen LogP contribution in [-0.2, 0) is 16.6 Å². The topological polar surface area (TPSA) is 66.4 Å².